The summed E-state index contributed by atoms with van der Waals surface area (Å²) in [6.07, 6.45) is 58.3. The number of hydrogen-bond donors (Lipinski definition) is 0. The van der Waals surface area contributed by atoms with E-state index in [1.165, 1.54) is 243 Å². The molecule has 4 aromatic rings. The molecule has 0 saturated carbocycles. The predicted octanol–water partition coefficient (Wildman–Crippen LogP) is 25.9. The van der Waals surface area contributed by atoms with E-state index in [0.29, 0.717) is 23.7 Å². The zero-order valence-electron chi connectivity index (χ0n) is 55.6. The zero-order valence-corrected chi connectivity index (χ0v) is 55.6. The van der Waals surface area contributed by atoms with E-state index in [2.05, 4.69) is 193 Å². The van der Waals surface area contributed by atoms with Crippen LogP contribution in [-0.2, 0) is 51.4 Å². The average Bonchev–Trinajstić information content (AvgIpc) is 3.64. The standard InChI is InChI=1S/C82H124/c1-15-29-37-63(23-9)51-79-60-73(70(42-34-20-6)55-68(79)28-14)45-49-77-58-72(44-36-22-8)75(62-81(77)53-65(25-11)39-31-17-3)47-50-78-59-71(43-35-21-7)74(61-82(78)54-66(26-12)40-32-18-4)46-48-76-57-69(41-33-19-5)67(27-13)56-80(76)52-64(24-10)38-30-16-2/h27-28,45-50,55-66H,13-26,29-44,51-54H2,1-12H3/b48-46+,49-45+,50-47+. The van der Waals surface area contributed by atoms with Crippen molar-refractivity contribution in [3.63, 3.8) is 0 Å². The minimum absolute atomic E-state index is 0.672. The van der Waals surface area contributed by atoms with Crippen LogP contribution >= 0.6 is 0 Å². The Kier molecular flexibility index (Phi) is 34.8. The Labute approximate surface area is 508 Å². The van der Waals surface area contributed by atoms with E-state index in [9.17, 15) is 0 Å². The summed E-state index contributed by atoms with van der Waals surface area (Å²) < 4.78 is 0. The smallest absolute Gasteiger partial charge is 0.0221 e. The van der Waals surface area contributed by atoms with Crippen LogP contribution in [0.5, 0.6) is 0 Å². The minimum Gasteiger partial charge on any atom is -0.0985 e. The van der Waals surface area contributed by atoms with Gasteiger partial charge in [-0.3, -0.25) is 0 Å². The molecule has 0 fully saturated rings. The molecule has 4 atom stereocenters. The first-order chi connectivity index (χ1) is 40.0. The highest BCUT2D eigenvalue weighted by molar-refractivity contribution is 5.80. The van der Waals surface area contributed by atoms with Gasteiger partial charge in [0.2, 0.25) is 0 Å². The second-order valence-corrected chi connectivity index (χ2v) is 25.3. The fraction of sp³-hybridized carbons (Fsp3) is 0.585. The molecule has 0 aliphatic rings. The maximum Gasteiger partial charge on any atom is -0.0221 e. The molecule has 82 heavy (non-hydrogen) atoms. The normalized spacial score (nSPS) is 13.5. The first kappa shape index (κ1) is 70.1. The molecule has 0 bridgehead atoms. The number of aryl methyl sites for hydroxylation is 4. The van der Waals surface area contributed by atoms with Crippen molar-refractivity contribution >= 4 is 48.6 Å². The van der Waals surface area contributed by atoms with E-state index in [4.69, 9.17) is 0 Å². The van der Waals surface area contributed by atoms with E-state index >= 15 is 0 Å². The second-order valence-electron chi connectivity index (χ2n) is 25.3. The third kappa shape index (κ3) is 23.2. The summed E-state index contributed by atoms with van der Waals surface area (Å²) >= 11 is 0. The molecule has 0 radical (unpaired) electrons. The van der Waals surface area contributed by atoms with E-state index in [1.807, 2.05) is 0 Å². The van der Waals surface area contributed by atoms with Crippen molar-refractivity contribution in [3.05, 3.63) is 151 Å². The molecule has 0 amide bonds. The Morgan fingerprint density at radius 1 is 0.256 bits per heavy atom. The van der Waals surface area contributed by atoms with Gasteiger partial charge in [0, 0.05) is 0 Å². The third-order valence-corrected chi connectivity index (χ3v) is 18.8. The van der Waals surface area contributed by atoms with Gasteiger partial charge >= 0.3 is 0 Å². The van der Waals surface area contributed by atoms with Crippen LogP contribution in [0, 0.1) is 23.7 Å². The third-order valence-electron chi connectivity index (χ3n) is 18.8. The number of rotatable bonds is 44. The molecule has 0 N–H and O–H groups in total. The lowest BCUT2D eigenvalue weighted by atomic mass is 9.85. The SMILES string of the molecule is C=Cc1cc(CC(CC)CCCC)c(/C=C/c2cc(CC(CC)CCCC)c(/C=C/c3cc(CC(CC)CCCC)c(/C=C/c4cc(CC(CC)CCCC)c(C=C)cc4CCCC)cc3CCCC)cc2CCCC)cc1CCCC. The van der Waals surface area contributed by atoms with Crippen molar-refractivity contribution in [2.45, 2.75) is 289 Å². The summed E-state index contributed by atoms with van der Waals surface area (Å²) in [5, 5.41) is 0. The topological polar surface area (TPSA) is 0 Å². The quantitative estimate of drug-likeness (QED) is 0.0387. The first-order valence-corrected chi connectivity index (χ1v) is 35.0. The summed E-state index contributed by atoms with van der Waals surface area (Å²) in [5.41, 5.74) is 23.1. The van der Waals surface area contributed by atoms with Gasteiger partial charge in [0.1, 0.15) is 0 Å². The van der Waals surface area contributed by atoms with Gasteiger partial charge in [-0.15, -0.1) is 0 Å². The van der Waals surface area contributed by atoms with Crippen LogP contribution in [0.1, 0.15) is 326 Å². The molecule has 0 nitrogen and oxygen atoms in total. The van der Waals surface area contributed by atoms with Crippen molar-refractivity contribution in [3.8, 4) is 0 Å². The fourth-order valence-electron chi connectivity index (χ4n) is 12.8. The van der Waals surface area contributed by atoms with Crippen LogP contribution in [0.15, 0.2) is 61.7 Å². The Hall–Kier alpha value is -4.42. The van der Waals surface area contributed by atoms with E-state index < -0.39 is 0 Å². The molecule has 0 heteroatoms. The molecule has 0 saturated heterocycles. The van der Waals surface area contributed by atoms with Gasteiger partial charge in [-0.1, -0.05) is 322 Å². The summed E-state index contributed by atoms with van der Waals surface area (Å²) in [7, 11) is 0. The largest absolute Gasteiger partial charge is 0.0985 e. The van der Waals surface area contributed by atoms with Crippen molar-refractivity contribution in [1.82, 2.24) is 0 Å². The van der Waals surface area contributed by atoms with Gasteiger partial charge < -0.3 is 0 Å². The van der Waals surface area contributed by atoms with Crippen LogP contribution in [0.4, 0.5) is 0 Å². The number of benzene rings is 4. The van der Waals surface area contributed by atoms with E-state index in [1.54, 1.807) is 0 Å². The highest BCUT2D eigenvalue weighted by atomic mass is 14.2. The highest BCUT2D eigenvalue weighted by Gasteiger charge is 2.19. The average molecular weight is 1110 g/mol. The van der Waals surface area contributed by atoms with Crippen molar-refractivity contribution in [1.29, 1.82) is 0 Å². The maximum absolute atomic E-state index is 4.35. The van der Waals surface area contributed by atoms with Crippen LogP contribution in [-0.4, -0.2) is 0 Å². The molecular formula is C82H124. The van der Waals surface area contributed by atoms with Gasteiger partial charge in [-0.25, -0.2) is 0 Å². The van der Waals surface area contributed by atoms with Gasteiger partial charge in [0.05, 0.1) is 0 Å². The molecule has 0 spiro atoms. The van der Waals surface area contributed by atoms with E-state index in [-0.39, 0.29) is 0 Å². The van der Waals surface area contributed by atoms with E-state index in [0.717, 1.165) is 51.4 Å². The summed E-state index contributed by atoms with van der Waals surface area (Å²) in [6, 6.07) is 20.7. The second kappa shape index (κ2) is 40.8. The molecule has 452 valence electrons. The molecular weight excluding hydrogens is 985 g/mol. The van der Waals surface area contributed by atoms with Crippen molar-refractivity contribution in [2.24, 2.45) is 23.7 Å². The van der Waals surface area contributed by atoms with Crippen molar-refractivity contribution in [2.75, 3.05) is 0 Å². The lowest BCUT2D eigenvalue weighted by Gasteiger charge is -2.20. The number of hydrogen-bond acceptors (Lipinski definition) is 0. The van der Waals surface area contributed by atoms with Gasteiger partial charge in [-0.05, 0) is 190 Å². The molecule has 4 rings (SSSR count). The Morgan fingerprint density at radius 3 is 0.671 bits per heavy atom. The summed E-state index contributed by atoms with van der Waals surface area (Å²) in [4.78, 5) is 0. The Balaban J connectivity index is 2.00. The first-order valence-electron chi connectivity index (χ1n) is 35.0. The molecule has 0 aliphatic heterocycles. The summed E-state index contributed by atoms with van der Waals surface area (Å²) in [5.74, 6) is 2.76. The monoisotopic (exact) mass is 1110 g/mol. The molecule has 0 aromatic heterocycles. The Bertz CT molecular complexity index is 2530. The lowest BCUT2D eigenvalue weighted by Crippen LogP contribution is -2.07. The molecule has 0 heterocycles. The maximum atomic E-state index is 4.35. The molecule has 0 aliphatic carbocycles. The van der Waals surface area contributed by atoms with Crippen LogP contribution < -0.4 is 0 Å². The lowest BCUT2D eigenvalue weighted by molar-refractivity contribution is 0.449. The van der Waals surface area contributed by atoms with Gasteiger partial charge in [-0.2, -0.15) is 0 Å². The van der Waals surface area contributed by atoms with Crippen LogP contribution in [0.25, 0.3) is 48.6 Å². The van der Waals surface area contributed by atoms with Crippen LogP contribution in [0.2, 0.25) is 0 Å². The predicted molar refractivity (Wildman–Crippen MR) is 375 cm³/mol. The van der Waals surface area contributed by atoms with Crippen molar-refractivity contribution < 1.29 is 0 Å². The summed E-state index contributed by atoms with van der Waals surface area (Å²) in [6.45, 7) is 37.1. The van der Waals surface area contributed by atoms with Gasteiger partial charge in [0.15, 0.2) is 0 Å². The molecule has 4 aromatic carbocycles. The zero-order chi connectivity index (χ0) is 59.5. The molecule has 4 unspecified atom stereocenters. The number of unbranched alkanes of at least 4 members (excludes halogenated alkanes) is 8. The highest BCUT2D eigenvalue weighted by Crippen LogP contribution is 2.34. The van der Waals surface area contributed by atoms with Gasteiger partial charge in [0.25, 0.3) is 0 Å². The Morgan fingerprint density at radius 2 is 0.439 bits per heavy atom. The minimum atomic E-state index is 0.672. The fourth-order valence-corrected chi connectivity index (χ4v) is 12.8. The van der Waals surface area contributed by atoms with Crippen LogP contribution in [0.3, 0.4) is 0 Å².